The minimum Gasteiger partial charge on any atom is -0.326 e. The molecule has 21 heavy (non-hydrogen) atoms. The van der Waals surface area contributed by atoms with E-state index < -0.39 is 10.0 Å². The van der Waals surface area contributed by atoms with Crippen LogP contribution in [-0.4, -0.2) is 14.5 Å². The summed E-state index contributed by atoms with van der Waals surface area (Å²) < 4.78 is 27.8. The summed E-state index contributed by atoms with van der Waals surface area (Å²) >= 11 is 0. The highest BCUT2D eigenvalue weighted by atomic mass is 32.2. The van der Waals surface area contributed by atoms with Crippen LogP contribution in [0.15, 0.2) is 24.3 Å². The molecular formula is C16H26N2O2S. The number of hydrogen-bond donors (Lipinski definition) is 2. The maximum Gasteiger partial charge on any atom is 0.216 e. The van der Waals surface area contributed by atoms with E-state index >= 15 is 0 Å². The SMILES string of the molecule is CC1CCCCCC1NS(=O)(=O)Cc1ccccc1CN. The lowest BCUT2D eigenvalue weighted by atomic mass is 9.98. The van der Waals surface area contributed by atoms with E-state index in [9.17, 15) is 8.42 Å². The molecule has 2 atom stereocenters. The number of rotatable bonds is 5. The van der Waals surface area contributed by atoms with Crippen LogP contribution in [0.5, 0.6) is 0 Å². The van der Waals surface area contributed by atoms with Crippen molar-refractivity contribution in [2.45, 2.75) is 57.4 Å². The van der Waals surface area contributed by atoms with Gasteiger partial charge in [-0.25, -0.2) is 13.1 Å². The predicted octanol–water partition coefficient (Wildman–Crippen LogP) is 2.53. The fourth-order valence-corrected chi connectivity index (χ4v) is 4.63. The second-order valence-corrected chi connectivity index (χ2v) is 7.83. The molecule has 1 saturated carbocycles. The van der Waals surface area contributed by atoms with Crippen molar-refractivity contribution < 1.29 is 8.42 Å². The molecule has 118 valence electrons. The van der Waals surface area contributed by atoms with Gasteiger partial charge < -0.3 is 5.73 Å². The predicted molar refractivity (Wildman–Crippen MR) is 86.1 cm³/mol. The molecular weight excluding hydrogens is 284 g/mol. The first-order valence-corrected chi connectivity index (χ1v) is 9.44. The van der Waals surface area contributed by atoms with Gasteiger partial charge in [0, 0.05) is 12.6 Å². The van der Waals surface area contributed by atoms with Gasteiger partial charge in [-0.05, 0) is 29.9 Å². The summed E-state index contributed by atoms with van der Waals surface area (Å²) in [4.78, 5) is 0. The zero-order valence-electron chi connectivity index (χ0n) is 12.7. The van der Waals surface area contributed by atoms with Crippen molar-refractivity contribution in [3.63, 3.8) is 0 Å². The monoisotopic (exact) mass is 310 g/mol. The van der Waals surface area contributed by atoms with Crippen LogP contribution in [0.25, 0.3) is 0 Å². The molecule has 1 aliphatic rings. The average Bonchev–Trinajstić information content (AvgIpc) is 2.64. The number of nitrogens with two attached hydrogens (primary N) is 1. The maximum absolute atomic E-state index is 12.4. The number of benzene rings is 1. The molecule has 1 aliphatic carbocycles. The molecule has 0 heterocycles. The molecule has 0 radical (unpaired) electrons. The third-order valence-corrected chi connectivity index (χ3v) is 5.73. The molecule has 0 aliphatic heterocycles. The van der Waals surface area contributed by atoms with E-state index in [2.05, 4.69) is 11.6 Å². The van der Waals surface area contributed by atoms with Crippen LogP contribution in [-0.2, 0) is 22.3 Å². The average molecular weight is 310 g/mol. The summed E-state index contributed by atoms with van der Waals surface area (Å²) in [6.07, 6.45) is 5.57. The van der Waals surface area contributed by atoms with Gasteiger partial charge in [-0.15, -0.1) is 0 Å². The zero-order valence-corrected chi connectivity index (χ0v) is 13.5. The lowest BCUT2D eigenvalue weighted by Crippen LogP contribution is -2.39. The Labute approximate surface area is 128 Å². The largest absolute Gasteiger partial charge is 0.326 e. The molecule has 0 saturated heterocycles. The van der Waals surface area contributed by atoms with Gasteiger partial charge in [0.25, 0.3) is 0 Å². The summed E-state index contributed by atoms with van der Waals surface area (Å²) in [6.45, 7) is 2.51. The summed E-state index contributed by atoms with van der Waals surface area (Å²) in [5, 5.41) is 0. The lowest BCUT2D eigenvalue weighted by molar-refractivity contribution is 0.399. The van der Waals surface area contributed by atoms with Gasteiger partial charge >= 0.3 is 0 Å². The smallest absolute Gasteiger partial charge is 0.216 e. The van der Waals surface area contributed by atoms with E-state index in [1.54, 1.807) is 0 Å². The molecule has 4 nitrogen and oxygen atoms in total. The second kappa shape index (κ2) is 7.38. The van der Waals surface area contributed by atoms with Crippen molar-refractivity contribution >= 4 is 10.0 Å². The fourth-order valence-electron chi connectivity index (χ4n) is 3.04. The molecule has 1 aromatic rings. The Bertz CT molecular complexity index is 557. The Morgan fingerprint density at radius 1 is 1.14 bits per heavy atom. The molecule has 1 aromatic carbocycles. The molecule has 0 amide bonds. The van der Waals surface area contributed by atoms with Crippen LogP contribution in [0, 0.1) is 5.92 Å². The Kier molecular flexibility index (Phi) is 5.79. The van der Waals surface area contributed by atoms with Crippen LogP contribution in [0.3, 0.4) is 0 Å². The minimum atomic E-state index is -3.32. The lowest BCUT2D eigenvalue weighted by Gasteiger charge is -2.23. The number of nitrogens with one attached hydrogen (secondary N) is 1. The van der Waals surface area contributed by atoms with Crippen LogP contribution < -0.4 is 10.5 Å². The zero-order chi connectivity index (χ0) is 15.3. The van der Waals surface area contributed by atoms with Crippen molar-refractivity contribution in [1.29, 1.82) is 0 Å². The maximum atomic E-state index is 12.4. The van der Waals surface area contributed by atoms with Crippen LogP contribution in [0.4, 0.5) is 0 Å². The Morgan fingerprint density at radius 3 is 2.52 bits per heavy atom. The molecule has 0 bridgehead atoms. The van der Waals surface area contributed by atoms with Gasteiger partial charge in [-0.1, -0.05) is 50.5 Å². The van der Waals surface area contributed by atoms with Gasteiger partial charge in [0.2, 0.25) is 10.0 Å². The topological polar surface area (TPSA) is 72.2 Å². The third-order valence-electron chi connectivity index (χ3n) is 4.38. The molecule has 2 unspecified atom stereocenters. The van der Waals surface area contributed by atoms with E-state index in [4.69, 9.17) is 5.73 Å². The Hall–Kier alpha value is -0.910. The van der Waals surface area contributed by atoms with Crippen molar-refractivity contribution in [2.75, 3.05) is 0 Å². The summed E-state index contributed by atoms with van der Waals surface area (Å²) in [5.74, 6) is 0.427. The van der Waals surface area contributed by atoms with E-state index in [0.717, 1.165) is 30.4 Å². The minimum absolute atomic E-state index is 0.0175. The van der Waals surface area contributed by atoms with Gasteiger partial charge in [0.1, 0.15) is 0 Å². The van der Waals surface area contributed by atoms with E-state index in [1.165, 1.54) is 12.8 Å². The van der Waals surface area contributed by atoms with Crippen molar-refractivity contribution in [2.24, 2.45) is 11.7 Å². The molecule has 5 heteroatoms. The summed E-state index contributed by atoms with van der Waals surface area (Å²) in [7, 11) is -3.32. The van der Waals surface area contributed by atoms with Crippen LogP contribution in [0.2, 0.25) is 0 Å². The van der Waals surface area contributed by atoms with E-state index in [-0.39, 0.29) is 11.8 Å². The Balaban J connectivity index is 2.07. The van der Waals surface area contributed by atoms with Gasteiger partial charge in [-0.3, -0.25) is 0 Å². The van der Waals surface area contributed by atoms with E-state index in [0.29, 0.717) is 12.5 Å². The van der Waals surface area contributed by atoms with E-state index in [1.807, 2.05) is 24.3 Å². The molecule has 0 spiro atoms. The number of sulfonamides is 1. The highest BCUT2D eigenvalue weighted by molar-refractivity contribution is 7.88. The van der Waals surface area contributed by atoms with Crippen molar-refractivity contribution in [3.8, 4) is 0 Å². The Morgan fingerprint density at radius 2 is 1.81 bits per heavy atom. The quantitative estimate of drug-likeness (QED) is 0.821. The normalized spacial score (nSPS) is 23.7. The van der Waals surface area contributed by atoms with Crippen molar-refractivity contribution in [1.82, 2.24) is 4.72 Å². The third kappa shape index (κ3) is 4.80. The molecule has 0 aromatic heterocycles. The first-order chi connectivity index (χ1) is 10.0. The summed E-state index contributed by atoms with van der Waals surface area (Å²) in [5.41, 5.74) is 7.38. The molecule has 1 fully saturated rings. The van der Waals surface area contributed by atoms with Crippen LogP contribution in [0.1, 0.15) is 50.2 Å². The van der Waals surface area contributed by atoms with Crippen LogP contribution >= 0.6 is 0 Å². The number of hydrogen-bond acceptors (Lipinski definition) is 3. The fraction of sp³-hybridized carbons (Fsp3) is 0.625. The highest BCUT2D eigenvalue weighted by Crippen LogP contribution is 2.24. The van der Waals surface area contributed by atoms with Gasteiger partial charge in [-0.2, -0.15) is 0 Å². The standard InChI is InChI=1S/C16H26N2O2S/c1-13-7-3-2-4-10-16(13)18-21(19,20)12-15-9-6-5-8-14(15)11-17/h5-6,8-9,13,16,18H,2-4,7,10-12,17H2,1H3. The van der Waals surface area contributed by atoms with Gasteiger partial charge in [0.15, 0.2) is 0 Å². The summed E-state index contributed by atoms with van der Waals surface area (Å²) in [6, 6.07) is 7.55. The first-order valence-electron chi connectivity index (χ1n) is 7.78. The van der Waals surface area contributed by atoms with Gasteiger partial charge in [0.05, 0.1) is 5.75 Å². The molecule has 2 rings (SSSR count). The van der Waals surface area contributed by atoms with Crippen molar-refractivity contribution in [3.05, 3.63) is 35.4 Å². The second-order valence-electron chi connectivity index (χ2n) is 6.07. The highest BCUT2D eigenvalue weighted by Gasteiger charge is 2.25. The first kappa shape index (κ1) is 16.5. The molecule has 3 N–H and O–H groups in total.